The Morgan fingerprint density at radius 1 is 1.42 bits per heavy atom. The molecule has 0 aromatic rings. The van der Waals surface area contributed by atoms with Crippen molar-refractivity contribution in [1.29, 1.82) is 0 Å². The largest absolute Gasteiger partial charge is 0.378 e. The molecule has 0 amide bonds. The van der Waals surface area contributed by atoms with Crippen LogP contribution in [0.25, 0.3) is 0 Å². The molecule has 1 atom stereocenters. The van der Waals surface area contributed by atoms with Gasteiger partial charge in [0.05, 0.1) is 0 Å². The van der Waals surface area contributed by atoms with E-state index >= 15 is 0 Å². The topological polar surface area (TPSA) is 20.2 Å². The molecule has 0 bridgehead atoms. The minimum Gasteiger partial charge on any atom is -0.378 e. The molecule has 0 spiro atoms. The second kappa shape index (κ2) is 4.33. The molecule has 0 radical (unpaired) electrons. The lowest BCUT2D eigenvalue weighted by molar-refractivity contribution is 0.113. The van der Waals surface area contributed by atoms with E-state index in [1.807, 2.05) is 0 Å². The second-order valence-corrected chi connectivity index (χ2v) is 3.70. The van der Waals surface area contributed by atoms with E-state index in [2.05, 4.69) is 26.7 Å². The zero-order valence-electron chi connectivity index (χ0n) is 8.44. The highest BCUT2D eigenvalue weighted by Gasteiger charge is 2.15. The van der Waals surface area contributed by atoms with Crippen molar-refractivity contribution in [1.82, 2.24) is 0 Å². The smallest absolute Gasteiger partial charge is 0.122 e. The quantitative estimate of drug-likeness (QED) is 0.504. The highest BCUT2D eigenvalue weighted by atomic mass is 16.3. The molecule has 1 nitrogen and oxygen atoms in total. The summed E-state index contributed by atoms with van der Waals surface area (Å²) in [6.07, 6.45) is 6.67. The van der Waals surface area contributed by atoms with Crippen LogP contribution in [0.1, 0.15) is 40.5 Å². The van der Waals surface area contributed by atoms with Crippen molar-refractivity contribution in [2.24, 2.45) is 0 Å². The summed E-state index contributed by atoms with van der Waals surface area (Å²) < 4.78 is 0. The van der Waals surface area contributed by atoms with Gasteiger partial charge in [0.1, 0.15) is 5.60 Å². The standard InChI is InChI=1S/C11H18O/c1-6-11(5,12)8-7-10(4)9(2)3/h1,12H,7-8H2,2-5H3/t11-/m1/s1. The first-order valence-electron chi connectivity index (χ1n) is 4.22. The first-order valence-corrected chi connectivity index (χ1v) is 4.22. The van der Waals surface area contributed by atoms with Crippen LogP contribution in [-0.4, -0.2) is 10.7 Å². The van der Waals surface area contributed by atoms with Gasteiger partial charge < -0.3 is 5.11 Å². The van der Waals surface area contributed by atoms with Gasteiger partial charge in [-0.1, -0.05) is 17.1 Å². The molecular formula is C11H18O. The summed E-state index contributed by atoms with van der Waals surface area (Å²) in [4.78, 5) is 0. The van der Waals surface area contributed by atoms with Crippen molar-refractivity contribution in [3.05, 3.63) is 11.1 Å². The normalized spacial score (nSPS) is 14.7. The number of terminal acetylenes is 1. The molecule has 0 aliphatic rings. The molecule has 1 N–H and O–H groups in total. The average Bonchev–Trinajstić information content (AvgIpc) is 2.00. The summed E-state index contributed by atoms with van der Waals surface area (Å²) in [5.41, 5.74) is 1.67. The fourth-order valence-corrected chi connectivity index (χ4v) is 0.753. The predicted molar refractivity (Wildman–Crippen MR) is 52.7 cm³/mol. The van der Waals surface area contributed by atoms with Crippen molar-refractivity contribution in [3.63, 3.8) is 0 Å². The number of rotatable bonds is 3. The minimum atomic E-state index is -0.948. The first kappa shape index (κ1) is 11.3. The molecule has 68 valence electrons. The Morgan fingerprint density at radius 2 is 1.92 bits per heavy atom. The Bertz CT molecular complexity index is 212. The van der Waals surface area contributed by atoms with Gasteiger partial charge in [0.25, 0.3) is 0 Å². The predicted octanol–water partition coefficient (Wildman–Crippen LogP) is 2.51. The van der Waals surface area contributed by atoms with E-state index in [1.165, 1.54) is 11.1 Å². The summed E-state index contributed by atoms with van der Waals surface area (Å²) in [6, 6.07) is 0. The third kappa shape index (κ3) is 4.20. The van der Waals surface area contributed by atoms with E-state index in [9.17, 15) is 5.11 Å². The zero-order chi connectivity index (χ0) is 9.78. The van der Waals surface area contributed by atoms with Crippen LogP contribution in [0.5, 0.6) is 0 Å². The zero-order valence-corrected chi connectivity index (χ0v) is 8.44. The second-order valence-electron chi connectivity index (χ2n) is 3.70. The molecule has 0 aromatic carbocycles. The van der Waals surface area contributed by atoms with Gasteiger partial charge in [-0.25, -0.2) is 0 Å². The third-order valence-electron chi connectivity index (χ3n) is 2.15. The number of aliphatic hydroxyl groups is 1. The van der Waals surface area contributed by atoms with Crippen LogP contribution in [0.15, 0.2) is 11.1 Å². The Kier molecular flexibility index (Phi) is 4.06. The molecule has 0 aromatic heterocycles. The van der Waals surface area contributed by atoms with Crippen LogP contribution in [-0.2, 0) is 0 Å². The van der Waals surface area contributed by atoms with Crippen molar-refractivity contribution < 1.29 is 5.11 Å². The lowest BCUT2D eigenvalue weighted by Crippen LogP contribution is -2.20. The van der Waals surface area contributed by atoms with Gasteiger partial charge in [-0.05, 0) is 40.5 Å². The minimum absolute atomic E-state index is 0.639. The third-order valence-corrected chi connectivity index (χ3v) is 2.15. The van der Waals surface area contributed by atoms with Crippen molar-refractivity contribution in [3.8, 4) is 12.3 Å². The number of allylic oxidation sites excluding steroid dienone is 2. The van der Waals surface area contributed by atoms with Crippen LogP contribution in [0.3, 0.4) is 0 Å². The molecular weight excluding hydrogens is 148 g/mol. The Morgan fingerprint density at radius 3 is 2.25 bits per heavy atom. The SMILES string of the molecule is C#C[C@@](C)(O)CCC(C)=C(C)C. The van der Waals surface area contributed by atoms with Gasteiger partial charge in [0, 0.05) is 0 Å². The molecule has 1 heteroatoms. The molecule has 0 rings (SSSR count). The fraction of sp³-hybridized carbons (Fsp3) is 0.636. The molecule has 0 fully saturated rings. The Hall–Kier alpha value is -0.740. The van der Waals surface area contributed by atoms with Gasteiger partial charge in [-0.3, -0.25) is 0 Å². The van der Waals surface area contributed by atoms with Gasteiger partial charge >= 0.3 is 0 Å². The summed E-state index contributed by atoms with van der Waals surface area (Å²) in [5.74, 6) is 2.37. The van der Waals surface area contributed by atoms with Gasteiger partial charge in [0.2, 0.25) is 0 Å². The van der Waals surface area contributed by atoms with E-state index in [0.717, 1.165) is 6.42 Å². The Labute approximate surface area is 75.5 Å². The average molecular weight is 166 g/mol. The fourth-order valence-electron chi connectivity index (χ4n) is 0.753. The maximum atomic E-state index is 9.50. The van der Waals surface area contributed by atoms with Crippen LogP contribution in [0.4, 0.5) is 0 Å². The summed E-state index contributed by atoms with van der Waals surface area (Å²) >= 11 is 0. The molecule has 0 aliphatic carbocycles. The maximum Gasteiger partial charge on any atom is 0.122 e. The first-order chi connectivity index (χ1) is 5.39. The van der Waals surface area contributed by atoms with E-state index in [-0.39, 0.29) is 0 Å². The summed E-state index contributed by atoms with van der Waals surface area (Å²) in [6.45, 7) is 7.88. The maximum absolute atomic E-state index is 9.50. The molecule has 0 heterocycles. The molecule has 0 unspecified atom stereocenters. The van der Waals surface area contributed by atoms with Gasteiger partial charge in [-0.15, -0.1) is 6.42 Å². The van der Waals surface area contributed by atoms with Crippen molar-refractivity contribution in [2.45, 2.75) is 46.1 Å². The summed E-state index contributed by atoms with van der Waals surface area (Å²) in [7, 11) is 0. The lowest BCUT2D eigenvalue weighted by atomic mass is 9.97. The van der Waals surface area contributed by atoms with E-state index in [1.54, 1.807) is 6.92 Å². The number of hydrogen-bond donors (Lipinski definition) is 1. The molecule has 12 heavy (non-hydrogen) atoms. The highest BCUT2D eigenvalue weighted by molar-refractivity contribution is 5.11. The highest BCUT2D eigenvalue weighted by Crippen LogP contribution is 2.17. The molecule has 0 saturated heterocycles. The van der Waals surface area contributed by atoms with Crippen LogP contribution in [0.2, 0.25) is 0 Å². The van der Waals surface area contributed by atoms with E-state index in [4.69, 9.17) is 6.42 Å². The Balaban J connectivity index is 4.03. The van der Waals surface area contributed by atoms with Crippen LogP contribution < -0.4 is 0 Å². The van der Waals surface area contributed by atoms with E-state index in [0.29, 0.717) is 6.42 Å². The van der Waals surface area contributed by atoms with Crippen molar-refractivity contribution >= 4 is 0 Å². The monoisotopic (exact) mass is 166 g/mol. The van der Waals surface area contributed by atoms with Crippen LogP contribution >= 0.6 is 0 Å². The van der Waals surface area contributed by atoms with Gasteiger partial charge in [-0.2, -0.15) is 0 Å². The summed E-state index contributed by atoms with van der Waals surface area (Å²) in [5, 5.41) is 9.50. The van der Waals surface area contributed by atoms with Crippen molar-refractivity contribution in [2.75, 3.05) is 0 Å². The molecule has 0 saturated carbocycles. The number of hydrogen-bond acceptors (Lipinski definition) is 1. The van der Waals surface area contributed by atoms with Gasteiger partial charge in [0.15, 0.2) is 0 Å². The molecule has 0 aliphatic heterocycles. The van der Waals surface area contributed by atoms with E-state index < -0.39 is 5.60 Å². The van der Waals surface area contributed by atoms with Crippen LogP contribution in [0, 0.1) is 12.3 Å². The lowest BCUT2D eigenvalue weighted by Gasteiger charge is -2.16.